The Kier molecular flexibility index (Phi) is 2.34. The largest absolute Gasteiger partial charge is 0.372 e. The monoisotopic (exact) mass is 226 g/mol. The van der Waals surface area contributed by atoms with E-state index in [2.05, 4.69) is 24.8 Å². The van der Waals surface area contributed by atoms with Crippen LogP contribution in [-0.4, -0.2) is 29.0 Å². The van der Waals surface area contributed by atoms with Crippen LogP contribution >= 0.6 is 0 Å². The van der Waals surface area contributed by atoms with E-state index in [1.807, 2.05) is 0 Å². The molecule has 1 heterocycles. The Bertz CT molecular complexity index is 523. The molecule has 0 fully saturated rings. The summed E-state index contributed by atoms with van der Waals surface area (Å²) in [6.07, 6.45) is 0. The van der Waals surface area contributed by atoms with E-state index in [1.54, 1.807) is 18.2 Å². The van der Waals surface area contributed by atoms with Crippen molar-refractivity contribution in [2.75, 3.05) is 0 Å². The summed E-state index contributed by atoms with van der Waals surface area (Å²) in [6, 6.07) is 7.37. The molecule has 0 saturated heterocycles. The topological polar surface area (TPSA) is 97.8 Å². The molecular weight excluding hydrogens is 220 g/mol. The standard InChI is InChI=1S/C7H6N4O3S/c12-15(13,6-4-2-1-3-5-6)14-7-8-10-11-9-7/h1-5H,(H,8,9,10,11). The van der Waals surface area contributed by atoms with Crippen molar-refractivity contribution in [2.24, 2.45) is 0 Å². The van der Waals surface area contributed by atoms with Crippen molar-refractivity contribution in [2.45, 2.75) is 4.90 Å². The maximum Gasteiger partial charge on any atom is 0.372 e. The van der Waals surface area contributed by atoms with Crippen LogP contribution in [0, 0.1) is 0 Å². The third-order valence-corrected chi connectivity index (χ3v) is 2.76. The smallest absolute Gasteiger partial charge is 0.337 e. The molecular formula is C7H6N4O3S. The van der Waals surface area contributed by atoms with Gasteiger partial charge in [0.2, 0.25) is 0 Å². The molecule has 0 saturated carbocycles. The number of benzene rings is 1. The zero-order valence-electron chi connectivity index (χ0n) is 7.36. The van der Waals surface area contributed by atoms with Crippen molar-refractivity contribution in [3.05, 3.63) is 30.3 Å². The molecule has 0 unspecified atom stereocenters. The normalized spacial score (nSPS) is 11.2. The quantitative estimate of drug-likeness (QED) is 0.738. The van der Waals surface area contributed by atoms with E-state index in [-0.39, 0.29) is 10.9 Å². The first-order valence-corrected chi connectivity index (χ1v) is 5.32. The Morgan fingerprint density at radius 3 is 2.53 bits per heavy atom. The van der Waals surface area contributed by atoms with Gasteiger partial charge in [0.05, 0.1) is 0 Å². The maximum absolute atomic E-state index is 11.6. The number of aromatic nitrogens is 4. The SMILES string of the molecule is O=S(=O)(Oc1nn[nH]n1)c1ccccc1. The molecule has 15 heavy (non-hydrogen) atoms. The van der Waals surface area contributed by atoms with Gasteiger partial charge in [0.15, 0.2) is 0 Å². The van der Waals surface area contributed by atoms with Crippen LogP contribution in [-0.2, 0) is 10.1 Å². The molecule has 8 heteroatoms. The summed E-state index contributed by atoms with van der Waals surface area (Å²) in [5.41, 5.74) is 0. The van der Waals surface area contributed by atoms with Gasteiger partial charge in [-0.3, -0.25) is 0 Å². The van der Waals surface area contributed by atoms with Crippen LogP contribution in [0.3, 0.4) is 0 Å². The van der Waals surface area contributed by atoms with E-state index in [0.717, 1.165) is 0 Å². The molecule has 7 nitrogen and oxygen atoms in total. The highest BCUT2D eigenvalue weighted by Gasteiger charge is 2.17. The minimum absolute atomic E-state index is 0.0369. The Hall–Kier alpha value is -1.96. The van der Waals surface area contributed by atoms with Crippen molar-refractivity contribution in [3.63, 3.8) is 0 Å². The molecule has 0 spiro atoms. The van der Waals surface area contributed by atoms with Crippen LogP contribution in [0.5, 0.6) is 6.01 Å². The molecule has 0 atom stereocenters. The van der Waals surface area contributed by atoms with Crippen LogP contribution in [0.2, 0.25) is 0 Å². The molecule has 1 aromatic heterocycles. The highest BCUT2D eigenvalue weighted by Crippen LogP contribution is 2.12. The molecule has 0 aliphatic carbocycles. The highest BCUT2D eigenvalue weighted by atomic mass is 32.2. The number of rotatable bonds is 3. The fourth-order valence-corrected chi connectivity index (χ4v) is 1.77. The molecule has 0 amide bonds. The van der Waals surface area contributed by atoms with Crippen LogP contribution in [0.15, 0.2) is 35.2 Å². The van der Waals surface area contributed by atoms with Crippen LogP contribution < -0.4 is 4.18 Å². The molecule has 1 aromatic carbocycles. The lowest BCUT2D eigenvalue weighted by Gasteiger charge is -2.01. The molecule has 2 rings (SSSR count). The fourth-order valence-electron chi connectivity index (χ4n) is 0.921. The summed E-state index contributed by atoms with van der Waals surface area (Å²) < 4.78 is 27.7. The van der Waals surface area contributed by atoms with Crippen molar-refractivity contribution < 1.29 is 12.6 Å². The predicted molar refractivity (Wildman–Crippen MR) is 48.4 cm³/mol. The maximum atomic E-state index is 11.6. The zero-order chi connectivity index (χ0) is 10.7. The van der Waals surface area contributed by atoms with E-state index in [9.17, 15) is 8.42 Å². The van der Waals surface area contributed by atoms with Gasteiger partial charge in [-0.05, 0) is 17.3 Å². The van der Waals surface area contributed by atoms with Gasteiger partial charge in [0, 0.05) is 0 Å². The third kappa shape index (κ3) is 2.10. The molecule has 0 aliphatic heterocycles. The number of hydrogen-bond acceptors (Lipinski definition) is 6. The second kappa shape index (κ2) is 3.65. The van der Waals surface area contributed by atoms with E-state index in [1.165, 1.54) is 12.1 Å². The molecule has 0 aliphatic rings. The first-order valence-electron chi connectivity index (χ1n) is 3.91. The van der Waals surface area contributed by atoms with Gasteiger partial charge in [-0.2, -0.15) is 13.6 Å². The molecule has 2 aromatic rings. The molecule has 78 valence electrons. The predicted octanol–water partition coefficient (Wildman–Crippen LogP) is -0.0326. The number of aromatic amines is 1. The second-order valence-electron chi connectivity index (χ2n) is 2.54. The van der Waals surface area contributed by atoms with Gasteiger partial charge in [0.25, 0.3) is 0 Å². The van der Waals surface area contributed by atoms with E-state index >= 15 is 0 Å². The van der Waals surface area contributed by atoms with E-state index < -0.39 is 10.1 Å². The van der Waals surface area contributed by atoms with Crippen molar-refractivity contribution in [1.29, 1.82) is 0 Å². The zero-order valence-corrected chi connectivity index (χ0v) is 8.18. The highest BCUT2D eigenvalue weighted by molar-refractivity contribution is 7.87. The van der Waals surface area contributed by atoms with Gasteiger partial charge in [-0.15, -0.1) is 0 Å². The van der Waals surface area contributed by atoms with Gasteiger partial charge < -0.3 is 4.18 Å². The summed E-state index contributed by atoms with van der Waals surface area (Å²) in [6.45, 7) is 0. The summed E-state index contributed by atoms with van der Waals surface area (Å²) in [7, 11) is -3.87. The number of hydrogen-bond donors (Lipinski definition) is 1. The van der Waals surface area contributed by atoms with Crippen LogP contribution in [0.4, 0.5) is 0 Å². The Labute approximate surface area is 85.2 Å². The van der Waals surface area contributed by atoms with Crippen molar-refractivity contribution in [3.8, 4) is 6.01 Å². The number of nitrogens with one attached hydrogen (secondary N) is 1. The third-order valence-electron chi connectivity index (χ3n) is 1.54. The first-order chi connectivity index (χ1) is 7.18. The number of tetrazole rings is 1. The average Bonchev–Trinajstić information content (AvgIpc) is 2.71. The molecule has 1 N–H and O–H groups in total. The van der Waals surface area contributed by atoms with Crippen molar-refractivity contribution in [1.82, 2.24) is 20.6 Å². The molecule has 0 bridgehead atoms. The van der Waals surface area contributed by atoms with Crippen molar-refractivity contribution >= 4 is 10.1 Å². The fraction of sp³-hybridized carbons (Fsp3) is 0. The summed E-state index contributed by atoms with van der Waals surface area (Å²) in [4.78, 5) is 0.0369. The summed E-state index contributed by atoms with van der Waals surface area (Å²) >= 11 is 0. The van der Waals surface area contributed by atoms with Gasteiger partial charge in [-0.25, -0.2) is 0 Å². The Morgan fingerprint density at radius 1 is 1.20 bits per heavy atom. The van der Waals surface area contributed by atoms with Crippen LogP contribution in [0.1, 0.15) is 0 Å². The Balaban J connectivity index is 2.29. The number of nitrogens with zero attached hydrogens (tertiary/aromatic N) is 3. The molecule has 0 radical (unpaired) electrons. The summed E-state index contributed by atoms with van der Waals surface area (Å²) in [5, 5.41) is 12.0. The minimum atomic E-state index is -3.87. The van der Waals surface area contributed by atoms with Gasteiger partial charge >= 0.3 is 16.1 Å². The van der Waals surface area contributed by atoms with Crippen LogP contribution in [0.25, 0.3) is 0 Å². The minimum Gasteiger partial charge on any atom is -0.337 e. The lowest BCUT2D eigenvalue weighted by molar-refractivity contribution is 0.464. The Morgan fingerprint density at radius 2 is 1.93 bits per heavy atom. The summed E-state index contributed by atoms with van der Waals surface area (Å²) in [5.74, 6) is 0. The van der Waals surface area contributed by atoms with Gasteiger partial charge in [0.1, 0.15) is 4.90 Å². The average molecular weight is 226 g/mol. The van der Waals surface area contributed by atoms with E-state index in [4.69, 9.17) is 0 Å². The van der Waals surface area contributed by atoms with E-state index in [0.29, 0.717) is 0 Å². The lowest BCUT2D eigenvalue weighted by Crippen LogP contribution is -2.10. The first kappa shape index (κ1) is 9.59. The number of H-pyrrole nitrogens is 1. The van der Waals surface area contributed by atoms with Gasteiger partial charge in [-0.1, -0.05) is 28.4 Å². The lowest BCUT2D eigenvalue weighted by atomic mass is 10.4. The second-order valence-corrected chi connectivity index (χ2v) is 4.09.